The topological polar surface area (TPSA) is 93.2 Å². The first kappa shape index (κ1) is 14.9. The van der Waals surface area contributed by atoms with Crippen molar-refractivity contribution in [3.63, 3.8) is 0 Å². The summed E-state index contributed by atoms with van der Waals surface area (Å²) in [6.45, 7) is 0. The molecular formula is C15H14N2O3S. The second-order valence-electron chi connectivity index (χ2n) is 4.47. The van der Waals surface area contributed by atoms with Gasteiger partial charge in [0.2, 0.25) is 0 Å². The van der Waals surface area contributed by atoms with Crippen molar-refractivity contribution >= 4 is 15.5 Å². The zero-order valence-electron chi connectivity index (χ0n) is 11.4. The highest BCUT2D eigenvalue weighted by Gasteiger charge is 2.16. The summed E-state index contributed by atoms with van der Waals surface area (Å²) in [6, 6.07) is 12.8. The number of anilines is 1. The normalized spacial score (nSPS) is 10.9. The lowest BCUT2D eigenvalue weighted by molar-refractivity contribution is 0.413. The van der Waals surface area contributed by atoms with Gasteiger partial charge in [-0.25, -0.2) is 8.42 Å². The van der Waals surface area contributed by atoms with Crippen LogP contribution in [0.4, 0.5) is 5.69 Å². The fourth-order valence-electron chi connectivity index (χ4n) is 1.91. The number of hydrogen-bond acceptors (Lipinski definition) is 5. The molecule has 2 aromatic rings. The Kier molecular flexibility index (Phi) is 4.15. The van der Waals surface area contributed by atoms with Crippen molar-refractivity contribution < 1.29 is 13.2 Å². The van der Waals surface area contributed by atoms with Crippen LogP contribution in [0, 0.1) is 11.3 Å². The van der Waals surface area contributed by atoms with Crippen LogP contribution >= 0.6 is 0 Å². The highest BCUT2D eigenvalue weighted by molar-refractivity contribution is 7.90. The standard InChI is InChI=1S/C15H14N2O3S/c1-20-15-7-2-11(8-12(15)9-16)10-21(18,19)14-5-3-13(17)4-6-14/h2-8H,10,17H2,1H3. The van der Waals surface area contributed by atoms with Crippen LogP contribution in [0.3, 0.4) is 0 Å². The van der Waals surface area contributed by atoms with Crippen molar-refractivity contribution in [2.45, 2.75) is 10.6 Å². The fourth-order valence-corrected chi connectivity index (χ4v) is 3.25. The Bertz CT molecular complexity index is 791. The van der Waals surface area contributed by atoms with Gasteiger partial charge in [0.1, 0.15) is 11.8 Å². The van der Waals surface area contributed by atoms with Crippen molar-refractivity contribution in [3.05, 3.63) is 53.6 Å². The number of sulfone groups is 1. The third kappa shape index (κ3) is 3.33. The number of rotatable bonds is 4. The van der Waals surface area contributed by atoms with Gasteiger partial charge in [0.25, 0.3) is 0 Å². The summed E-state index contributed by atoms with van der Waals surface area (Å²) in [5, 5.41) is 9.03. The molecule has 2 aromatic carbocycles. The molecule has 0 amide bonds. The van der Waals surface area contributed by atoms with Gasteiger partial charge in [-0.3, -0.25) is 0 Å². The fraction of sp³-hybridized carbons (Fsp3) is 0.133. The largest absolute Gasteiger partial charge is 0.495 e. The molecule has 0 aliphatic heterocycles. The summed E-state index contributed by atoms with van der Waals surface area (Å²) in [4.78, 5) is 0.200. The third-order valence-electron chi connectivity index (χ3n) is 2.98. The molecule has 0 unspecified atom stereocenters. The lowest BCUT2D eigenvalue weighted by Crippen LogP contribution is -2.05. The van der Waals surface area contributed by atoms with E-state index < -0.39 is 9.84 Å². The monoisotopic (exact) mass is 302 g/mol. The van der Waals surface area contributed by atoms with Crippen LogP contribution in [-0.4, -0.2) is 15.5 Å². The second kappa shape index (κ2) is 5.85. The summed E-state index contributed by atoms with van der Waals surface area (Å²) in [5.74, 6) is 0.237. The third-order valence-corrected chi connectivity index (χ3v) is 4.68. The molecule has 2 N–H and O–H groups in total. The number of nitriles is 1. The minimum Gasteiger partial charge on any atom is -0.495 e. The van der Waals surface area contributed by atoms with Crippen molar-refractivity contribution in [3.8, 4) is 11.8 Å². The summed E-state index contributed by atoms with van der Waals surface area (Å²) in [7, 11) is -2.02. The van der Waals surface area contributed by atoms with E-state index in [4.69, 9.17) is 15.7 Å². The Morgan fingerprint density at radius 2 is 1.86 bits per heavy atom. The molecule has 0 radical (unpaired) electrons. The maximum atomic E-state index is 12.3. The molecule has 0 fully saturated rings. The molecule has 0 bridgehead atoms. The summed E-state index contributed by atoms with van der Waals surface area (Å²) in [6.07, 6.45) is 0. The van der Waals surface area contributed by atoms with E-state index in [1.807, 2.05) is 6.07 Å². The lowest BCUT2D eigenvalue weighted by Gasteiger charge is -2.07. The maximum Gasteiger partial charge on any atom is 0.182 e. The van der Waals surface area contributed by atoms with E-state index >= 15 is 0 Å². The van der Waals surface area contributed by atoms with Crippen LogP contribution in [-0.2, 0) is 15.6 Å². The van der Waals surface area contributed by atoms with E-state index in [2.05, 4.69) is 0 Å². The second-order valence-corrected chi connectivity index (χ2v) is 6.46. The molecule has 0 aliphatic carbocycles. The molecule has 0 aliphatic rings. The number of nitrogens with two attached hydrogens (primary N) is 1. The van der Waals surface area contributed by atoms with E-state index in [0.29, 0.717) is 22.6 Å². The maximum absolute atomic E-state index is 12.3. The quantitative estimate of drug-likeness (QED) is 0.873. The van der Waals surface area contributed by atoms with Gasteiger partial charge in [0, 0.05) is 5.69 Å². The van der Waals surface area contributed by atoms with Gasteiger partial charge in [0.05, 0.1) is 23.3 Å². The molecule has 108 valence electrons. The SMILES string of the molecule is COc1ccc(CS(=O)(=O)c2ccc(N)cc2)cc1C#N. The Labute approximate surface area is 123 Å². The lowest BCUT2D eigenvalue weighted by atomic mass is 10.1. The predicted octanol–water partition coefficient (Wildman–Crippen LogP) is 2.12. The van der Waals surface area contributed by atoms with Crippen LogP contribution < -0.4 is 10.5 Å². The van der Waals surface area contributed by atoms with E-state index in [1.54, 1.807) is 24.3 Å². The Morgan fingerprint density at radius 1 is 1.19 bits per heavy atom. The number of ether oxygens (including phenoxy) is 1. The zero-order chi connectivity index (χ0) is 15.5. The molecule has 2 rings (SSSR count). The molecule has 0 aromatic heterocycles. The van der Waals surface area contributed by atoms with Gasteiger partial charge in [-0.2, -0.15) is 5.26 Å². The molecule has 0 heterocycles. The summed E-state index contributed by atoms with van der Waals surface area (Å²) < 4.78 is 29.7. The molecule has 21 heavy (non-hydrogen) atoms. The number of benzene rings is 2. The van der Waals surface area contributed by atoms with Crippen molar-refractivity contribution in [2.75, 3.05) is 12.8 Å². The smallest absolute Gasteiger partial charge is 0.182 e. The van der Waals surface area contributed by atoms with Crippen molar-refractivity contribution in [1.29, 1.82) is 5.26 Å². The highest BCUT2D eigenvalue weighted by atomic mass is 32.2. The van der Waals surface area contributed by atoms with Crippen LogP contribution in [0.5, 0.6) is 5.75 Å². The number of methoxy groups -OCH3 is 1. The van der Waals surface area contributed by atoms with Crippen LogP contribution in [0.1, 0.15) is 11.1 Å². The molecule has 0 saturated heterocycles. The van der Waals surface area contributed by atoms with E-state index in [0.717, 1.165) is 0 Å². The summed E-state index contributed by atoms with van der Waals surface area (Å²) in [5.41, 5.74) is 6.89. The van der Waals surface area contributed by atoms with Gasteiger partial charge >= 0.3 is 0 Å². The van der Waals surface area contributed by atoms with E-state index in [9.17, 15) is 8.42 Å². The Balaban J connectivity index is 2.33. The molecule has 0 spiro atoms. The van der Waals surface area contributed by atoms with Gasteiger partial charge < -0.3 is 10.5 Å². The number of nitrogens with zero attached hydrogens (tertiary/aromatic N) is 1. The van der Waals surface area contributed by atoms with Gasteiger partial charge in [-0.05, 0) is 42.0 Å². The molecular weight excluding hydrogens is 288 g/mol. The van der Waals surface area contributed by atoms with Gasteiger partial charge in [-0.1, -0.05) is 6.07 Å². The van der Waals surface area contributed by atoms with Crippen LogP contribution in [0.2, 0.25) is 0 Å². The molecule has 5 nitrogen and oxygen atoms in total. The van der Waals surface area contributed by atoms with E-state index in [1.165, 1.54) is 25.3 Å². The van der Waals surface area contributed by atoms with Crippen LogP contribution in [0.15, 0.2) is 47.4 Å². The average molecular weight is 302 g/mol. The molecule has 6 heteroatoms. The summed E-state index contributed by atoms with van der Waals surface area (Å²) >= 11 is 0. The Morgan fingerprint density at radius 3 is 2.43 bits per heavy atom. The van der Waals surface area contributed by atoms with Gasteiger partial charge in [0.15, 0.2) is 9.84 Å². The molecule has 0 atom stereocenters. The predicted molar refractivity (Wildman–Crippen MR) is 79.5 cm³/mol. The zero-order valence-corrected chi connectivity index (χ0v) is 12.2. The first-order valence-corrected chi connectivity index (χ1v) is 7.77. The van der Waals surface area contributed by atoms with Crippen LogP contribution in [0.25, 0.3) is 0 Å². The van der Waals surface area contributed by atoms with Crippen molar-refractivity contribution in [2.24, 2.45) is 0 Å². The minimum atomic E-state index is -3.48. The minimum absolute atomic E-state index is 0.185. The molecule has 0 saturated carbocycles. The van der Waals surface area contributed by atoms with Gasteiger partial charge in [-0.15, -0.1) is 0 Å². The van der Waals surface area contributed by atoms with E-state index in [-0.39, 0.29) is 10.6 Å². The average Bonchev–Trinajstić information content (AvgIpc) is 2.47. The highest BCUT2D eigenvalue weighted by Crippen LogP contribution is 2.22. The van der Waals surface area contributed by atoms with Crippen molar-refractivity contribution in [1.82, 2.24) is 0 Å². The number of nitrogen functional groups attached to an aromatic ring is 1. The number of hydrogen-bond donors (Lipinski definition) is 1. The first-order valence-electron chi connectivity index (χ1n) is 6.11. The first-order chi connectivity index (χ1) is 9.96. The Hall–Kier alpha value is -2.52.